The van der Waals surface area contributed by atoms with E-state index in [2.05, 4.69) is 14.5 Å². The fourth-order valence-corrected chi connectivity index (χ4v) is 2.66. The number of aryl methyl sites for hydroxylation is 1. The van der Waals surface area contributed by atoms with Crippen LogP contribution in [0.3, 0.4) is 0 Å². The van der Waals surface area contributed by atoms with E-state index in [-0.39, 0.29) is 5.56 Å². The Morgan fingerprint density at radius 2 is 2.10 bits per heavy atom. The van der Waals surface area contributed by atoms with Gasteiger partial charge in [-0.3, -0.25) is 4.90 Å². The van der Waals surface area contributed by atoms with Crippen LogP contribution in [0.5, 0.6) is 0 Å². The number of morpholine rings is 1. The Labute approximate surface area is 122 Å². The Hall–Kier alpha value is -1.92. The molecule has 0 bridgehead atoms. The number of carboxylic acid groups (broad SMARTS) is 1. The number of hydrogen-bond donors (Lipinski definition) is 1. The summed E-state index contributed by atoms with van der Waals surface area (Å²) in [5, 5.41) is 8.99. The first-order valence-corrected chi connectivity index (χ1v) is 7.22. The third-order valence-corrected chi connectivity index (χ3v) is 3.85. The van der Waals surface area contributed by atoms with Crippen molar-refractivity contribution >= 4 is 17.0 Å². The highest BCUT2D eigenvalue weighted by atomic mass is 16.5. The molecule has 1 aromatic heterocycles. The predicted octanol–water partition coefficient (Wildman–Crippen LogP) is 1.46. The van der Waals surface area contributed by atoms with Crippen molar-refractivity contribution in [3.8, 4) is 0 Å². The van der Waals surface area contributed by atoms with Gasteiger partial charge in [-0.1, -0.05) is 0 Å². The number of rotatable bonds is 5. The highest BCUT2D eigenvalue weighted by molar-refractivity contribution is 5.92. The second kappa shape index (κ2) is 6.24. The molecule has 0 unspecified atom stereocenters. The van der Waals surface area contributed by atoms with Crippen molar-refractivity contribution in [1.82, 2.24) is 14.5 Å². The van der Waals surface area contributed by atoms with Gasteiger partial charge in [-0.25, -0.2) is 9.78 Å². The molecule has 1 saturated heterocycles. The largest absolute Gasteiger partial charge is 0.478 e. The van der Waals surface area contributed by atoms with Crippen LogP contribution in [0.15, 0.2) is 24.5 Å². The topological polar surface area (TPSA) is 67.6 Å². The zero-order valence-electron chi connectivity index (χ0n) is 11.9. The first kappa shape index (κ1) is 14.0. The van der Waals surface area contributed by atoms with Crippen LogP contribution >= 0.6 is 0 Å². The third-order valence-electron chi connectivity index (χ3n) is 3.85. The lowest BCUT2D eigenvalue weighted by Crippen LogP contribution is -2.37. The smallest absolute Gasteiger partial charge is 0.335 e. The van der Waals surface area contributed by atoms with Crippen molar-refractivity contribution < 1.29 is 14.6 Å². The average molecular weight is 289 g/mol. The van der Waals surface area contributed by atoms with E-state index in [1.165, 1.54) is 0 Å². The van der Waals surface area contributed by atoms with Gasteiger partial charge < -0.3 is 14.4 Å². The molecule has 2 heterocycles. The lowest BCUT2D eigenvalue weighted by molar-refractivity contribution is 0.0369. The lowest BCUT2D eigenvalue weighted by Gasteiger charge is -2.26. The first-order valence-electron chi connectivity index (χ1n) is 7.22. The molecule has 1 aliphatic heterocycles. The van der Waals surface area contributed by atoms with Gasteiger partial charge >= 0.3 is 5.97 Å². The number of benzene rings is 1. The van der Waals surface area contributed by atoms with Crippen LogP contribution < -0.4 is 0 Å². The second-order valence-corrected chi connectivity index (χ2v) is 5.25. The molecule has 0 saturated carbocycles. The van der Waals surface area contributed by atoms with Crippen LogP contribution in [0.25, 0.3) is 11.0 Å². The standard InChI is InChI=1S/C15H19N3O3/c19-15(20)12-2-3-14-13(10-12)16-11-18(14)5-1-4-17-6-8-21-9-7-17/h2-3,10-11H,1,4-9H2,(H,19,20). The van der Waals surface area contributed by atoms with Crippen molar-refractivity contribution in [2.75, 3.05) is 32.8 Å². The number of ether oxygens (including phenoxy) is 1. The maximum Gasteiger partial charge on any atom is 0.335 e. The average Bonchev–Trinajstić information content (AvgIpc) is 2.91. The van der Waals surface area contributed by atoms with Crippen molar-refractivity contribution in [1.29, 1.82) is 0 Å². The fraction of sp³-hybridized carbons (Fsp3) is 0.467. The zero-order chi connectivity index (χ0) is 14.7. The van der Waals surface area contributed by atoms with Crippen LogP contribution in [0.1, 0.15) is 16.8 Å². The summed E-state index contributed by atoms with van der Waals surface area (Å²) >= 11 is 0. The minimum atomic E-state index is -0.918. The molecule has 0 atom stereocenters. The molecule has 112 valence electrons. The van der Waals surface area contributed by atoms with Gasteiger partial charge in [-0.15, -0.1) is 0 Å². The molecule has 6 nitrogen and oxygen atoms in total. The van der Waals surface area contributed by atoms with E-state index in [4.69, 9.17) is 9.84 Å². The summed E-state index contributed by atoms with van der Waals surface area (Å²) in [6, 6.07) is 5.08. The number of aromatic carboxylic acids is 1. The van der Waals surface area contributed by atoms with Gasteiger partial charge in [-0.05, 0) is 24.6 Å². The summed E-state index contributed by atoms with van der Waals surface area (Å²) in [6.07, 6.45) is 2.84. The van der Waals surface area contributed by atoms with Gasteiger partial charge in [0.15, 0.2) is 0 Å². The number of nitrogens with zero attached hydrogens (tertiary/aromatic N) is 3. The number of aromatic nitrogens is 2. The van der Waals surface area contributed by atoms with E-state index < -0.39 is 5.97 Å². The highest BCUT2D eigenvalue weighted by Gasteiger charge is 2.11. The molecule has 21 heavy (non-hydrogen) atoms. The van der Waals surface area contributed by atoms with Crippen molar-refractivity contribution in [2.24, 2.45) is 0 Å². The quantitative estimate of drug-likeness (QED) is 0.902. The van der Waals surface area contributed by atoms with E-state index in [1.807, 2.05) is 6.07 Å². The van der Waals surface area contributed by atoms with Crippen LogP contribution in [0.2, 0.25) is 0 Å². The monoisotopic (exact) mass is 289 g/mol. The number of carboxylic acids is 1. The number of fused-ring (bicyclic) bond motifs is 1. The lowest BCUT2D eigenvalue weighted by atomic mass is 10.2. The Morgan fingerprint density at radius 3 is 2.86 bits per heavy atom. The SMILES string of the molecule is O=C(O)c1ccc2c(c1)ncn2CCCN1CCOCC1. The molecule has 6 heteroatoms. The van der Waals surface area contributed by atoms with Crippen LogP contribution in [-0.2, 0) is 11.3 Å². The van der Waals surface area contributed by atoms with E-state index in [1.54, 1.807) is 18.5 Å². The molecule has 3 rings (SSSR count). The minimum absolute atomic E-state index is 0.279. The van der Waals surface area contributed by atoms with Crippen LogP contribution in [0, 0.1) is 0 Å². The van der Waals surface area contributed by atoms with Crippen molar-refractivity contribution in [3.63, 3.8) is 0 Å². The van der Waals surface area contributed by atoms with Gasteiger partial charge in [0.25, 0.3) is 0 Å². The molecule has 1 aromatic carbocycles. The summed E-state index contributed by atoms with van der Waals surface area (Å²) in [6.45, 7) is 5.60. The molecular formula is C15H19N3O3. The Kier molecular flexibility index (Phi) is 4.17. The summed E-state index contributed by atoms with van der Waals surface area (Å²) in [4.78, 5) is 17.6. The summed E-state index contributed by atoms with van der Waals surface area (Å²) < 4.78 is 7.42. The van der Waals surface area contributed by atoms with Crippen LogP contribution in [-0.4, -0.2) is 58.4 Å². The zero-order valence-corrected chi connectivity index (χ0v) is 11.9. The van der Waals surface area contributed by atoms with Gasteiger partial charge in [0.1, 0.15) is 0 Å². The number of carbonyl (C=O) groups is 1. The Morgan fingerprint density at radius 1 is 1.29 bits per heavy atom. The number of imidazole rings is 1. The molecule has 0 radical (unpaired) electrons. The third kappa shape index (κ3) is 3.22. The molecule has 0 spiro atoms. The Balaban J connectivity index is 1.63. The first-order chi connectivity index (χ1) is 10.2. The van der Waals surface area contributed by atoms with E-state index in [0.717, 1.165) is 56.8 Å². The maximum atomic E-state index is 10.9. The van der Waals surface area contributed by atoms with E-state index in [0.29, 0.717) is 0 Å². The molecule has 2 aromatic rings. The summed E-state index contributed by atoms with van der Waals surface area (Å²) in [5.74, 6) is -0.918. The van der Waals surface area contributed by atoms with Crippen LogP contribution in [0.4, 0.5) is 0 Å². The van der Waals surface area contributed by atoms with E-state index in [9.17, 15) is 4.79 Å². The summed E-state index contributed by atoms with van der Waals surface area (Å²) in [5.41, 5.74) is 2.00. The van der Waals surface area contributed by atoms with Gasteiger partial charge in [-0.2, -0.15) is 0 Å². The molecular weight excluding hydrogens is 270 g/mol. The predicted molar refractivity (Wildman–Crippen MR) is 78.6 cm³/mol. The highest BCUT2D eigenvalue weighted by Crippen LogP contribution is 2.15. The molecule has 1 fully saturated rings. The number of hydrogen-bond acceptors (Lipinski definition) is 4. The van der Waals surface area contributed by atoms with Gasteiger partial charge in [0.05, 0.1) is 36.1 Å². The minimum Gasteiger partial charge on any atom is -0.478 e. The van der Waals surface area contributed by atoms with Crippen molar-refractivity contribution in [3.05, 3.63) is 30.1 Å². The second-order valence-electron chi connectivity index (χ2n) is 5.25. The van der Waals surface area contributed by atoms with Gasteiger partial charge in [0, 0.05) is 26.2 Å². The normalized spacial score (nSPS) is 16.4. The molecule has 1 aliphatic rings. The molecule has 0 amide bonds. The Bertz CT molecular complexity index is 632. The van der Waals surface area contributed by atoms with E-state index >= 15 is 0 Å². The van der Waals surface area contributed by atoms with Crippen molar-refractivity contribution in [2.45, 2.75) is 13.0 Å². The van der Waals surface area contributed by atoms with Gasteiger partial charge in [0.2, 0.25) is 0 Å². The summed E-state index contributed by atoms with van der Waals surface area (Å²) in [7, 11) is 0. The maximum absolute atomic E-state index is 10.9. The molecule has 0 aliphatic carbocycles. The molecule has 1 N–H and O–H groups in total. The fourth-order valence-electron chi connectivity index (χ4n) is 2.66.